The molecule has 1 N–H and O–H groups in total. The molecule has 3 atom stereocenters. The van der Waals surface area contributed by atoms with Gasteiger partial charge < -0.3 is 10.1 Å². The lowest BCUT2D eigenvalue weighted by Crippen LogP contribution is -2.69. The van der Waals surface area contributed by atoms with Gasteiger partial charge in [-0.3, -0.25) is 9.69 Å². The molecule has 0 bridgehead atoms. The van der Waals surface area contributed by atoms with E-state index < -0.39 is 12.1 Å². The van der Waals surface area contributed by atoms with Crippen LogP contribution in [0.2, 0.25) is 0 Å². The first-order valence-corrected chi connectivity index (χ1v) is 7.52. The molecule has 1 aromatic rings. The van der Waals surface area contributed by atoms with Crippen LogP contribution >= 0.6 is 0 Å². The summed E-state index contributed by atoms with van der Waals surface area (Å²) in [6.45, 7) is 6.30. The molecule has 3 rings (SSSR count). The van der Waals surface area contributed by atoms with E-state index in [1.807, 2.05) is 51.1 Å². The lowest BCUT2D eigenvalue weighted by molar-refractivity contribution is -0.136. The van der Waals surface area contributed by atoms with E-state index in [9.17, 15) is 9.59 Å². The molecule has 0 saturated carbocycles. The van der Waals surface area contributed by atoms with Crippen molar-refractivity contribution in [3.8, 4) is 0 Å². The first-order chi connectivity index (χ1) is 10.2. The number of carbonyl (C=O) groups is 2. The molecule has 5 nitrogen and oxygen atoms in total. The predicted molar refractivity (Wildman–Crippen MR) is 79.7 cm³/mol. The summed E-state index contributed by atoms with van der Waals surface area (Å²) in [6.07, 6.45) is 0.411. The maximum absolute atomic E-state index is 11.9. The number of carbonyl (C=O) groups excluding carboxylic acids is 2. The molecule has 5 heteroatoms. The minimum absolute atomic E-state index is 0.0318. The number of cyclic esters (lactones) is 1. The van der Waals surface area contributed by atoms with Crippen molar-refractivity contribution in [2.24, 2.45) is 0 Å². The fourth-order valence-corrected chi connectivity index (χ4v) is 2.75. The third-order valence-corrected chi connectivity index (χ3v) is 3.81. The summed E-state index contributed by atoms with van der Waals surface area (Å²) in [5.41, 5.74) is 1.00. The Morgan fingerprint density at radius 1 is 1.24 bits per heavy atom. The minimum atomic E-state index is -0.398. The number of ether oxygens (including phenoxy) is 1. The average Bonchev–Trinajstić information content (AvgIpc) is 2.89. The average molecular weight is 290 g/mol. The molecule has 0 radical (unpaired) electrons. The summed E-state index contributed by atoms with van der Waals surface area (Å²) in [5, 5.41) is 2.82. The SMILES string of the molecule is CC.CC[C@H]1NC(=O)[C@@H]1N1C(=O)OC[C@@H]1c1ccccc1. The molecule has 0 spiro atoms. The Morgan fingerprint density at radius 3 is 2.48 bits per heavy atom. The highest BCUT2D eigenvalue weighted by molar-refractivity contribution is 5.92. The second-order valence-corrected chi connectivity index (χ2v) is 4.88. The number of nitrogens with zero attached hydrogens (tertiary/aromatic N) is 1. The van der Waals surface area contributed by atoms with Gasteiger partial charge in [-0.15, -0.1) is 0 Å². The molecular formula is C16H22N2O3. The summed E-state index contributed by atoms with van der Waals surface area (Å²) in [5.74, 6) is -0.0911. The molecule has 0 unspecified atom stereocenters. The Hall–Kier alpha value is -2.04. The molecule has 114 valence electrons. The largest absolute Gasteiger partial charge is 0.447 e. The van der Waals surface area contributed by atoms with Gasteiger partial charge in [-0.1, -0.05) is 51.1 Å². The monoisotopic (exact) mass is 290 g/mol. The topological polar surface area (TPSA) is 58.6 Å². The van der Waals surface area contributed by atoms with Gasteiger partial charge in [-0.05, 0) is 12.0 Å². The fourth-order valence-electron chi connectivity index (χ4n) is 2.75. The van der Waals surface area contributed by atoms with Crippen LogP contribution in [0.1, 0.15) is 38.8 Å². The first-order valence-electron chi connectivity index (χ1n) is 7.52. The van der Waals surface area contributed by atoms with Crippen LogP contribution in [-0.4, -0.2) is 35.6 Å². The molecular weight excluding hydrogens is 268 g/mol. The van der Waals surface area contributed by atoms with Crippen LogP contribution in [-0.2, 0) is 9.53 Å². The highest BCUT2D eigenvalue weighted by atomic mass is 16.6. The van der Waals surface area contributed by atoms with E-state index in [2.05, 4.69) is 5.32 Å². The van der Waals surface area contributed by atoms with Crippen LogP contribution in [0.15, 0.2) is 30.3 Å². The molecule has 21 heavy (non-hydrogen) atoms. The van der Waals surface area contributed by atoms with Gasteiger partial charge in [-0.2, -0.15) is 0 Å². The van der Waals surface area contributed by atoms with Crippen LogP contribution in [0, 0.1) is 0 Å². The van der Waals surface area contributed by atoms with Gasteiger partial charge in [0, 0.05) is 0 Å². The van der Waals surface area contributed by atoms with Gasteiger partial charge in [0.05, 0.1) is 12.1 Å². The van der Waals surface area contributed by atoms with Crippen molar-refractivity contribution >= 4 is 12.0 Å². The molecule has 2 saturated heterocycles. The summed E-state index contributed by atoms with van der Waals surface area (Å²) >= 11 is 0. The highest BCUT2D eigenvalue weighted by Gasteiger charge is 2.50. The Morgan fingerprint density at radius 2 is 1.90 bits per heavy atom. The third-order valence-electron chi connectivity index (χ3n) is 3.81. The molecule has 0 aromatic heterocycles. The van der Waals surface area contributed by atoms with Crippen LogP contribution < -0.4 is 5.32 Å². The summed E-state index contributed by atoms with van der Waals surface area (Å²) in [7, 11) is 0. The summed E-state index contributed by atoms with van der Waals surface area (Å²) in [6, 6.07) is 9.15. The first kappa shape index (κ1) is 15.4. The van der Waals surface area contributed by atoms with E-state index in [4.69, 9.17) is 4.74 Å². The van der Waals surface area contributed by atoms with E-state index >= 15 is 0 Å². The van der Waals surface area contributed by atoms with Crippen molar-refractivity contribution in [3.05, 3.63) is 35.9 Å². The van der Waals surface area contributed by atoms with Gasteiger partial charge in [0.2, 0.25) is 5.91 Å². The lowest BCUT2D eigenvalue weighted by Gasteiger charge is -2.42. The lowest BCUT2D eigenvalue weighted by atomic mass is 9.93. The van der Waals surface area contributed by atoms with E-state index in [1.165, 1.54) is 0 Å². The molecule has 1 aromatic carbocycles. The highest BCUT2D eigenvalue weighted by Crippen LogP contribution is 2.33. The Kier molecular flexibility index (Phi) is 4.83. The predicted octanol–water partition coefficient (Wildman–Crippen LogP) is 2.48. The number of amides is 2. The smallest absolute Gasteiger partial charge is 0.411 e. The summed E-state index contributed by atoms with van der Waals surface area (Å²) < 4.78 is 5.14. The number of nitrogens with one attached hydrogen (secondary N) is 1. The molecule has 2 aliphatic heterocycles. The maximum atomic E-state index is 11.9. The molecule has 2 fully saturated rings. The number of benzene rings is 1. The van der Waals surface area contributed by atoms with Crippen LogP contribution in [0.5, 0.6) is 0 Å². The Balaban J connectivity index is 0.000000774. The summed E-state index contributed by atoms with van der Waals surface area (Å²) in [4.78, 5) is 25.3. The third kappa shape index (κ3) is 2.73. The minimum Gasteiger partial charge on any atom is -0.447 e. The Labute approximate surface area is 125 Å². The maximum Gasteiger partial charge on any atom is 0.411 e. The van der Waals surface area contributed by atoms with Gasteiger partial charge in [-0.25, -0.2) is 4.79 Å². The second-order valence-electron chi connectivity index (χ2n) is 4.88. The number of hydrogen-bond acceptors (Lipinski definition) is 3. The molecule has 0 aliphatic carbocycles. The van der Waals surface area contributed by atoms with Crippen molar-refractivity contribution in [1.29, 1.82) is 0 Å². The quantitative estimate of drug-likeness (QED) is 0.870. The van der Waals surface area contributed by atoms with Crippen molar-refractivity contribution < 1.29 is 14.3 Å². The normalized spacial score (nSPS) is 27.2. The van der Waals surface area contributed by atoms with Gasteiger partial charge in [0.25, 0.3) is 0 Å². The van der Waals surface area contributed by atoms with Crippen LogP contribution in [0.3, 0.4) is 0 Å². The van der Waals surface area contributed by atoms with E-state index in [-0.39, 0.29) is 18.0 Å². The molecule has 2 amide bonds. The fraction of sp³-hybridized carbons (Fsp3) is 0.500. The Bertz CT molecular complexity index is 504. The zero-order chi connectivity index (χ0) is 15.4. The second kappa shape index (κ2) is 6.61. The van der Waals surface area contributed by atoms with Crippen molar-refractivity contribution in [1.82, 2.24) is 10.2 Å². The van der Waals surface area contributed by atoms with Crippen molar-refractivity contribution in [2.75, 3.05) is 6.61 Å². The van der Waals surface area contributed by atoms with Gasteiger partial charge in [0.15, 0.2) is 0 Å². The number of hydrogen-bond donors (Lipinski definition) is 1. The number of rotatable bonds is 3. The molecule has 2 heterocycles. The van der Waals surface area contributed by atoms with E-state index in [0.29, 0.717) is 6.61 Å². The zero-order valence-electron chi connectivity index (χ0n) is 12.7. The van der Waals surface area contributed by atoms with Crippen molar-refractivity contribution in [2.45, 2.75) is 45.3 Å². The number of β-lactam (4-membered cyclic amide) rings is 1. The van der Waals surface area contributed by atoms with E-state index in [1.54, 1.807) is 4.90 Å². The van der Waals surface area contributed by atoms with Crippen LogP contribution in [0.25, 0.3) is 0 Å². The van der Waals surface area contributed by atoms with E-state index in [0.717, 1.165) is 12.0 Å². The van der Waals surface area contributed by atoms with Gasteiger partial charge in [0.1, 0.15) is 12.6 Å². The standard InChI is InChI=1S/C14H16N2O3.C2H6/c1-2-10-12(13(17)15-10)16-11(8-19-14(16)18)9-6-4-3-5-7-9;1-2/h3-7,10-12H,2,8H2,1H3,(H,15,17);1-2H3/t10-,11-,12-;/m1./s1. The van der Waals surface area contributed by atoms with Gasteiger partial charge >= 0.3 is 6.09 Å². The zero-order valence-corrected chi connectivity index (χ0v) is 12.7. The molecule has 2 aliphatic rings. The van der Waals surface area contributed by atoms with Crippen LogP contribution in [0.4, 0.5) is 4.79 Å². The van der Waals surface area contributed by atoms with Crippen molar-refractivity contribution in [3.63, 3.8) is 0 Å².